The number of aliphatic carboxylic acids is 4. The number of carbonyl (C=O) groups excluding carboxylic acids is 5. The van der Waals surface area contributed by atoms with Crippen LogP contribution in [0.2, 0.25) is 0 Å². The number of rotatable bonds is 0. The minimum Gasteiger partial charge on any atom is -0.474 e. The second-order valence-electron chi connectivity index (χ2n) is 3.39. The van der Waals surface area contributed by atoms with Gasteiger partial charge in [-0.2, -0.15) is 9.80 Å². The SMILES string of the molecule is O=C(O)C(=O)N(C(=O)C(=O)O)C(=O)N(C(=O)C(=O)O)C(=O)C(=O)O. The largest absolute Gasteiger partial charge is 0.474 e. The van der Waals surface area contributed by atoms with Gasteiger partial charge in [0.15, 0.2) is 0 Å². The molecule has 0 saturated carbocycles. The molecule has 24 heavy (non-hydrogen) atoms. The number of nitrogens with zero attached hydrogens (tertiary/aromatic N) is 2. The second kappa shape index (κ2) is 7.20. The van der Waals surface area contributed by atoms with Crippen molar-refractivity contribution in [1.29, 1.82) is 0 Å². The van der Waals surface area contributed by atoms with Gasteiger partial charge in [-0.1, -0.05) is 0 Å². The van der Waals surface area contributed by atoms with Crippen molar-refractivity contribution in [3.05, 3.63) is 0 Å². The van der Waals surface area contributed by atoms with Gasteiger partial charge in [0.2, 0.25) is 0 Å². The van der Waals surface area contributed by atoms with Crippen molar-refractivity contribution in [3.8, 4) is 0 Å². The molecule has 4 N–H and O–H groups in total. The highest BCUT2D eigenvalue weighted by Crippen LogP contribution is 2.05. The average molecular weight is 348 g/mol. The molecule has 0 unspecified atom stereocenters. The Labute approximate surface area is 128 Å². The normalized spacial score (nSPS) is 9.33. The zero-order chi connectivity index (χ0) is 19.4. The van der Waals surface area contributed by atoms with E-state index in [0.717, 1.165) is 0 Å². The molecule has 15 nitrogen and oxygen atoms in total. The molecular formula is C9H4N2O13. The number of carboxylic acids is 4. The molecule has 0 aromatic heterocycles. The summed E-state index contributed by atoms with van der Waals surface area (Å²) in [5, 5.41) is 33.6. The Morgan fingerprint density at radius 3 is 0.708 bits per heavy atom. The lowest BCUT2D eigenvalue weighted by Gasteiger charge is -2.20. The number of hydrogen-bond acceptors (Lipinski definition) is 9. The molecule has 0 aliphatic carbocycles. The third kappa shape index (κ3) is 3.93. The van der Waals surface area contributed by atoms with Crippen LogP contribution < -0.4 is 0 Å². The predicted molar refractivity (Wildman–Crippen MR) is 59.6 cm³/mol. The lowest BCUT2D eigenvalue weighted by molar-refractivity contribution is -0.167. The van der Waals surface area contributed by atoms with E-state index in [-0.39, 0.29) is 0 Å². The number of urea groups is 1. The van der Waals surface area contributed by atoms with Crippen LogP contribution in [0.4, 0.5) is 4.79 Å². The smallest absolute Gasteiger partial charge is 0.395 e. The molecule has 0 bridgehead atoms. The maximum Gasteiger partial charge on any atom is 0.395 e. The van der Waals surface area contributed by atoms with E-state index in [4.69, 9.17) is 20.4 Å². The van der Waals surface area contributed by atoms with E-state index >= 15 is 0 Å². The molecule has 0 radical (unpaired) electrons. The summed E-state index contributed by atoms with van der Waals surface area (Å²) in [5.74, 6) is -20.8. The van der Waals surface area contributed by atoms with Gasteiger partial charge in [-0.15, -0.1) is 0 Å². The molecule has 0 atom stereocenters. The Morgan fingerprint density at radius 1 is 0.417 bits per heavy atom. The second-order valence-corrected chi connectivity index (χ2v) is 3.39. The van der Waals surface area contributed by atoms with E-state index in [2.05, 4.69) is 0 Å². The van der Waals surface area contributed by atoms with Gasteiger partial charge in [0, 0.05) is 0 Å². The van der Waals surface area contributed by atoms with Gasteiger partial charge in [0.05, 0.1) is 0 Å². The van der Waals surface area contributed by atoms with Crippen molar-refractivity contribution in [3.63, 3.8) is 0 Å². The van der Waals surface area contributed by atoms with Crippen molar-refractivity contribution >= 4 is 53.5 Å². The summed E-state index contributed by atoms with van der Waals surface area (Å²) in [6, 6.07) is -2.71. The Morgan fingerprint density at radius 2 is 0.583 bits per heavy atom. The highest BCUT2D eigenvalue weighted by molar-refractivity contribution is 6.51. The number of carboxylic acid groups (broad SMARTS) is 4. The third-order valence-corrected chi connectivity index (χ3v) is 1.93. The maximum atomic E-state index is 11.7. The highest BCUT2D eigenvalue weighted by Gasteiger charge is 2.46. The molecule has 0 heterocycles. The molecule has 0 aliphatic rings. The Kier molecular flexibility index (Phi) is 5.95. The molecule has 0 spiro atoms. The van der Waals surface area contributed by atoms with Crippen LogP contribution in [-0.4, -0.2) is 83.8 Å². The first-order valence-corrected chi connectivity index (χ1v) is 5.07. The van der Waals surface area contributed by atoms with Crippen molar-refractivity contribution in [1.82, 2.24) is 9.80 Å². The summed E-state index contributed by atoms with van der Waals surface area (Å²) in [4.78, 5) is 95.9. The summed E-state index contributed by atoms with van der Waals surface area (Å²) in [5.41, 5.74) is 0. The zero-order valence-corrected chi connectivity index (χ0v) is 10.9. The van der Waals surface area contributed by atoms with Gasteiger partial charge in [-0.25, -0.2) is 24.0 Å². The monoisotopic (exact) mass is 348 g/mol. The summed E-state index contributed by atoms with van der Waals surface area (Å²) >= 11 is 0. The highest BCUT2D eigenvalue weighted by atomic mass is 16.4. The zero-order valence-electron chi connectivity index (χ0n) is 10.9. The molecule has 0 aliphatic heterocycles. The van der Waals surface area contributed by atoms with E-state index < -0.39 is 63.3 Å². The van der Waals surface area contributed by atoms with E-state index in [9.17, 15) is 43.2 Å². The molecule has 0 rings (SSSR count). The van der Waals surface area contributed by atoms with Gasteiger partial charge in [-0.05, 0) is 0 Å². The van der Waals surface area contributed by atoms with Gasteiger partial charge in [0.1, 0.15) is 0 Å². The first-order chi connectivity index (χ1) is 10.8. The van der Waals surface area contributed by atoms with Crippen LogP contribution in [0.5, 0.6) is 0 Å². The number of amides is 6. The van der Waals surface area contributed by atoms with Gasteiger partial charge >= 0.3 is 53.5 Å². The molecule has 0 aromatic rings. The molecule has 6 amide bonds. The van der Waals surface area contributed by atoms with Crippen LogP contribution in [0, 0.1) is 0 Å². The topological polar surface area (TPSA) is 241 Å². The van der Waals surface area contributed by atoms with Gasteiger partial charge < -0.3 is 20.4 Å². The number of carbonyl (C=O) groups is 9. The molecular weight excluding hydrogens is 344 g/mol. The van der Waals surface area contributed by atoms with E-state index in [1.54, 1.807) is 0 Å². The molecule has 0 saturated heterocycles. The van der Waals surface area contributed by atoms with Crippen LogP contribution in [0.3, 0.4) is 0 Å². The lowest BCUT2D eigenvalue weighted by Crippen LogP contribution is -2.58. The average Bonchev–Trinajstić information content (AvgIpc) is 2.46. The van der Waals surface area contributed by atoms with Crippen LogP contribution in [0.25, 0.3) is 0 Å². The quantitative estimate of drug-likeness (QED) is 0.307. The first-order valence-electron chi connectivity index (χ1n) is 5.07. The van der Waals surface area contributed by atoms with Gasteiger partial charge in [-0.3, -0.25) is 19.2 Å². The minimum absolute atomic E-state index is 1.30. The predicted octanol–water partition coefficient (Wildman–Crippen LogP) is -3.84. The summed E-state index contributed by atoms with van der Waals surface area (Å²) in [6.07, 6.45) is 0. The van der Waals surface area contributed by atoms with E-state index in [1.807, 2.05) is 0 Å². The third-order valence-electron chi connectivity index (χ3n) is 1.93. The number of imide groups is 6. The molecule has 0 fully saturated rings. The number of hydrogen-bond donors (Lipinski definition) is 4. The summed E-state index contributed by atoms with van der Waals surface area (Å²) in [6.45, 7) is 0. The standard InChI is InChI=1S/C9H4N2O13/c12-1(5(16)17)10(2(13)6(18)19)9(24)11(3(14)7(20)21)4(15)8(22)23/h(H,16,17)(H,18,19)(H,20,21)(H,22,23). The molecule has 128 valence electrons. The minimum atomic E-state index is -2.71. The summed E-state index contributed by atoms with van der Waals surface area (Å²) in [7, 11) is 0. The van der Waals surface area contributed by atoms with Crippen LogP contribution >= 0.6 is 0 Å². The Bertz CT molecular complexity index is 594. The first kappa shape index (κ1) is 19.8. The Balaban J connectivity index is 6.28. The van der Waals surface area contributed by atoms with Crippen LogP contribution in [0.1, 0.15) is 0 Å². The van der Waals surface area contributed by atoms with Crippen molar-refractivity contribution in [2.24, 2.45) is 0 Å². The van der Waals surface area contributed by atoms with Crippen molar-refractivity contribution < 1.29 is 63.6 Å². The fraction of sp³-hybridized carbons (Fsp3) is 0. The lowest BCUT2D eigenvalue weighted by atomic mass is 10.4. The molecule has 15 heteroatoms. The molecule has 0 aromatic carbocycles. The van der Waals surface area contributed by atoms with Crippen molar-refractivity contribution in [2.75, 3.05) is 0 Å². The summed E-state index contributed by atoms with van der Waals surface area (Å²) < 4.78 is 0. The van der Waals surface area contributed by atoms with E-state index in [1.165, 1.54) is 0 Å². The maximum absolute atomic E-state index is 11.7. The van der Waals surface area contributed by atoms with Crippen LogP contribution in [-0.2, 0) is 38.4 Å². The fourth-order valence-corrected chi connectivity index (χ4v) is 1.01. The van der Waals surface area contributed by atoms with Gasteiger partial charge in [0.25, 0.3) is 0 Å². The van der Waals surface area contributed by atoms with E-state index in [0.29, 0.717) is 0 Å². The Hall–Kier alpha value is -4.17. The van der Waals surface area contributed by atoms with Crippen molar-refractivity contribution in [2.45, 2.75) is 0 Å². The fourth-order valence-electron chi connectivity index (χ4n) is 1.01. The van der Waals surface area contributed by atoms with Crippen LogP contribution in [0.15, 0.2) is 0 Å².